The van der Waals surface area contributed by atoms with Crippen molar-refractivity contribution >= 4 is 27.3 Å². The van der Waals surface area contributed by atoms with Gasteiger partial charge in [0.25, 0.3) is 0 Å². The van der Waals surface area contributed by atoms with Gasteiger partial charge in [-0.25, -0.2) is 13.9 Å². The van der Waals surface area contributed by atoms with Crippen LogP contribution in [0.15, 0.2) is 54.7 Å². The van der Waals surface area contributed by atoms with Crippen LogP contribution in [0.4, 0.5) is 9.52 Å². The molecule has 1 unspecified atom stereocenters. The third kappa shape index (κ3) is 4.75. The number of fused-ring (bicyclic) bond motifs is 1. The van der Waals surface area contributed by atoms with Crippen LogP contribution in [0.3, 0.4) is 0 Å². The molecule has 1 amide bonds. The van der Waals surface area contributed by atoms with Crippen LogP contribution in [0, 0.1) is 11.7 Å². The number of imidazole rings is 1. The van der Waals surface area contributed by atoms with Crippen molar-refractivity contribution in [3.8, 4) is 11.3 Å². The van der Waals surface area contributed by atoms with E-state index in [1.807, 2.05) is 6.20 Å². The number of amides is 1. The van der Waals surface area contributed by atoms with Crippen LogP contribution < -0.4 is 10.2 Å². The summed E-state index contributed by atoms with van der Waals surface area (Å²) in [4.78, 5) is 20.4. The zero-order chi connectivity index (χ0) is 22.8. The summed E-state index contributed by atoms with van der Waals surface area (Å²) in [5, 5.41) is 8.67. The average Bonchev–Trinajstić information content (AvgIpc) is 3.43. The van der Waals surface area contributed by atoms with Crippen molar-refractivity contribution in [1.29, 1.82) is 0 Å². The number of halogens is 1. The molecule has 170 valence electrons. The molecule has 0 saturated carbocycles. The molecule has 0 bridgehead atoms. The molecule has 2 aromatic carbocycles. The van der Waals surface area contributed by atoms with E-state index in [-0.39, 0.29) is 17.6 Å². The Morgan fingerprint density at radius 1 is 1.15 bits per heavy atom. The zero-order valence-corrected chi connectivity index (χ0v) is 19.3. The molecule has 0 aliphatic carbocycles. The Hall–Kier alpha value is -3.26. The van der Waals surface area contributed by atoms with Gasteiger partial charge in [0.2, 0.25) is 16.0 Å². The van der Waals surface area contributed by atoms with E-state index in [4.69, 9.17) is 5.10 Å². The van der Waals surface area contributed by atoms with Gasteiger partial charge in [-0.3, -0.25) is 4.79 Å². The van der Waals surface area contributed by atoms with Gasteiger partial charge in [0.1, 0.15) is 5.82 Å². The Labute approximate surface area is 196 Å². The fraction of sp³-hybridized carbons (Fsp3) is 0.320. The van der Waals surface area contributed by atoms with Gasteiger partial charge in [-0.05, 0) is 54.7 Å². The molecule has 5 rings (SSSR count). The predicted octanol–water partition coefficient (Wildman–Crippen LogP) is 4.69. The summed E-state index contributed by atoms with van der Waals surface area (Å²) in [6.45, 7) is 4.22. The fourth-order valence-electron chi connectivity index (χ4n) is 4.17. The number of hydrogen-bond acceptors (Lipinski definition) is 5. The Kier molecular flexibility index (Phi) is 6.09. The van der Waals surface area contributed by atoms with Crippen LogP contribution in [0.2, 0.25) is 0 Å². The van der Waals surface area contributed by atoms with E-state index in [1.165, 1.54) is 29.0 Å². The van der Waals surface area contributed by atoms with Crippen LogP contribution >= 0.6 is 11.3 Å². The lowest BCUT2D eigenvalue weighted by atomic mass is 9.97. The van der Waals surface area contributed by atoms with E-state index in [1.54, 1.807) is 16.6 Å². The van der Waals surface area contributed by atoms with Gasteiger partial charge in [0.05, 0.1) is 17.8 Å². The number of anilines is 1. The average molecular weight is 464 g/mol. The minimum absolute atomic E-state index is 0.0559. The lowest BCUT2D eigenvalue weighted by molar-refractivity contribution is -0.125. The Morgan fingerprint density at radius 2 is 1.91 bits per heavy atom. The summed E-state index contributed by atoms with van der Waals surface area (Å²) in [6.07, 6.45) is 4.71. The first-order valence-electron chi connectivity index (χ1n) is 11.3. The highest BCUT2D eigenvalue weighted by molar-refractivity contribution is 7.20. The minimum Gasteiger partial charge on any atom is -0.352 e. The summed E-state index contributed by atoms with van der Waals surface area (Å²) in [7, 11) is 0. The summed E-state index contributed by atoms with van der Waals surface area (Å²) in [6, 6.07) is 14.7. The number of hydrogen-bond donors (Lipinski definition) is 1. The topological polar surface area (TPSA) is 62.5 Å². The van der Waals surface area contributed by atoms with E-state index >= 15 is 0 Å². The van der Waals surface area contributed by atoms with Gasteiger partial charge < -0.3 is 10.2 Å². The molecule has 33 heavy (non-hydrogen) atoms. The van der Waals surface area contributed by atoms with Crippen molar-refractivity contribution in [3.63, 3.8) is 0 Å². The number of piperidine rings is 1. The lowest BCUT2D eigenvalue weighted by Crippen LogP contribution is -2.43. The highest BCUT2D eigenvalue weighted by atomic mass is 32.1. The molecule has 1 aliphatic rings. The maximum atomic E-state index is 13.2. The molecule has 2 aromatic heterocycles. The largest absolute Gasteiger partial charge is 0.352 e. The van der Waals surface area contributed by atoms with E-state index in [2.05, 4.69) is 46.4 Å². The van der Waals surface area contributed by atoms with Crippen molar-refractivity contribution in [1.82, 2.24) is 19.9 Å². The van der Waals surface area contributed by atoms with Crippen LogP contribution in [0.5, 0.6) is 0 Å². The Bertz CT molecular complexity index is 1220. The first kappa shape index (κ1) is 21.6. The second kappa shape index (κ2) is 9.31. The standard InChI is InChI=1S/C25H26FN5OS/c1-2-17-5-7-18(8-6-17)14-27-23(32)20-4-3-13-30(15-20)25-29-31-16-22(28-24(31)33-25)19-9-11-21(26)12-10-19/h5-12,16,20H,2-4,13-15H2,1H3,(H,27,32). The van der Waals surface area contributed by atoms with E-state index in [0.29, 0.717) is 13.1 Å². The molecule has 0 spiro atoms. The lowest BCUT2D eigenvalue weighted by Gasteiger charge is -2.31. The summed E-state index contributed by atoms with van der Waals surface area (Å²) in [5.41, 5.74) is 4.04. The second-order valence-electron chi connectivity index (χ2n) is 8.42. The predicted molar refractivity (Wildman–Crippen MR) is 129 cm³/mol. The Balaban J connectivity index is 1.22. The number of carbonyl (C=O) groups is 1. The molecular weight excluding hydrogens is 437 g/mol. The smallest absolute Gasteiger partial charge is 0.225 e. The molecule has 1 N–H and O–H groups in total. The molecule has 1 atom stereocenters. The third-order valence-electron chi connectivity index (χ3n) is 6.13. The minimum atomic E-state index is -0.265. The van der Waals surface area contributed by atoms with Crippen molar-refractivity contribution in [2.45, 2.75) is 32.7 Å². The highest BCUT2D eigenvalue weighted by Gasteiger charge is 2.27. The zero-order valence-electron chi connectivity index (χ0n) is 18.5. The molecule has 8 heteroatoms. The van der Waals surface area contributed by atoms with Crippen molar-refractivity contribution in [3.05, 3.63) is 71.7 Å². The van der Waals surface area contributed by atoms with Gasteiger partial charge in [-0.2, -0.15) is 0 Å². The number of aromatic nitrogens is 3. The third-order valence-corrected chi connectivity index (χ3v) is 7.12. The summed E-state index contributed by atoms with van der Waals surface area (Å²) in [5.74, 6) is -0.225. The number of nitrogens with zero attached hydrogens (tertiary/aromatic N) is 4. The first-order chi connectivity index (χ1) is 16.1. The molecule has 1 aliphatic heterocycles. The van der Waals surface area contributed by atoms with Gasteiger partial charge >= 0.3 is 0 Å². The number of carbonyl (C=O) groups excluding carboxylic acids is 1. The Morgan fingerprint density at radius 3 is 2.64 bits per heavy atom. The van der Waals surface area contributed by atoms with Gasteiger partial charge in [0.15, 0.2) is 0 Å². The monoisotopic (exact) mass is 463 g/mol. The van der Waals surface area contributed by atoms with Crippen LogP contribution in [-0.4, -0.2) is 33.6 Å². The quantitative estimate of drug-likeness (QED) is 0.451. The number of nitrogens with one attached hydrogen (secondary N) is 1. The molecule has 3 heterocycles. The molecule has 0 radical (unpaired) electrons. The number of aryl methyl sites for hydroxylation is 1. The van der Waals surface area contributed by atoms with Crippen LogP contribution in [0.25, 0.3) is 16.2 Å². The molecule has 6 nitrogen and oxygen atoms in total. The fourth-order valence-corrected chi connectivity index (χ4v) is 5.09. The maximum Gasteiger partial charge on any atom is 0.225 e. The van der Waals surface area contributed by atoms with E-state index in [0.717, 1.165) is 52.7 Å². The van der Waals surface area contributed by atoms with Crippen molar-refractivity contribution in [2.75, 3.05) is 18.0 Å². The van der Waals surface area contributed by atoms with Crippen molar-refractivity contribution < 1.29 is 9.18 Å². The molecule has 1 saturated heterocycles. The number of benzene rings is 2. The molecular formula is C25H26FN5OS. The van der Waals surface area contributed by atoms with Crippen LogP contribution in [-0.2, 0) is 17.8 Å². The molecule has 4 aromatic rings. The van der Waals surface area contributed by atoms with Gasteiger partial charge in [0, 0.05) is 25.2 Å². The summed E-state index contributed by atoms with van der Waals surface area (Å²) < 4.78 is 15.0. The van der Waals surface area contributed by atoms with Gasteiger partial charge in [-0.15, -0.1) is 5.10 Å². The molecule has 1 fully saturated rings. The van der Waals surface area contributed by atoms with Crippen LogP contribution in [0.1, 0.15) is 30.9 Å². The van der Waals surface area contributed by atoms with E-state index in [9.17, 15) is 9.18 Å². The first-order valence-corrected chi connectivity index (χ1v) is 12.1. The summed E-state index contributed by atoms with van der Waals surface area (Å²) >= 11 is 1.51. The number of rotatable bonds is 6. The van der Waals surface area contributed by atoms with Gasteiger partial charge in [-0.1, -0.05) is 42.5 Å². The SMILES string of the molecule is CCc1ccc(CNC(=O)C2CCCN(c3nn4cc(-c5ccc(F)cc5)nc4s3)C2)cc1. The highest BCUT2D eigenvalue weighted by Crippen LogP contribution is 2.30. The second-order valence-corrected chi connectivity index (χ2v) is 9.35. The van der Waals surface area contributed by atoms with E-state index < -0.39 is 0 Å². The normalized spacial score (nSPS) is 16.3. The maximum absolute atomic E-state index is 13.2. The van der Waals surface area contributed by atoms with Crippen molar-refractivity contribution in [2.24, 2.45) is 5.92 Å².